The summed E-state index contributed by atoms with van der Waals surface area (Å²) in [5.41, 5.74) is 1.26. The molecule has 7 heteroatoms. The van der Waals surface area contributed by atoms with Gasteiger partial charge in [0.15, 0.2) is 0 Å². The summed E-state index contributed by atoms with van der Waals surface area (Å²) < 4.78 is 1.83. The Hall–Kier alpha value is -1.89. The third-order valence-electron chi connectivity index (χ3n) is 4.00. The summed E-state index contributed by atoms with van der Waals surface area (Å²) in [6, 6.07) is 10.7. The van der Waals surface area contributed by atoms with Crippen molar-refractivity contribution in [3.63, 3.8) is 0 Å². The summed E-state index contributed by atoms with van der Waals surface area (Å²) in [6.45, 7) is 2.80. The molecule has 1 amide bonds. The van der Waals surface area contributed by atoms with Crippen LogP contribution in [0.3, 0.4) is 0 Å². The van der Waals surface area contributed by atoms with Crippen LogP contribution in [0.15, 0.2) is 35.5 Å². The van der Waals surface area contributed by atoms with Crippen molar-refractivity contribution in [2.24, 2.45) is 0 Å². The van der Waals surface area contributed by atoms with E-state index < -0.39 is 0 Å². The molecular weight excluding hydrogens is 310 g/mol. The fraction of sp³-hybridized carbons (Fsp3) is 0.500. The van der Waals surface area contributed by atoms with Gasteiger partial charge in [0.25, 0.3) is 0 Å². The summed E-state index contributed by atoms with van der Waals surface area (Å²) in [6.07, 6.45) is 3.25. The van der Waals surface area contributed by atoms with E-state index in [2.05, 4.69) is 39.9 Å². The molecule has 1 aliphatic rings. The Balaban J connectivity index is 1.46. The Morgan fingerprint density at radius 3 is 2.87 bits per heavy atom. The van der Waals surface area contributed by atoms with E-state index in [4.69, 9.17) is 0 Å². The molecule has 1 saturated carbocycles. The van der Waals surface area contributed by atoms with Crippen molar-refractivity contribution in [3.05, 3.63) is 35.9 Å². The minimum atomic E-state index is 0.0229. The largest absolute Gasteiger partial charge is 0.355 e. The molecule has 0 spiro atoms. The molecule has 1 atom stereocenters. The molecule has 1 fully saturated rings. The molecule has 6 nitrogen and oxygen atoms in total. The van der Waals surface area contributed by atoms with E-state index in [1.807, 2.05) is 22.9 Å². The van der Waals surface area contributed by atoms with Crippen molar-refractivity contribution < 1.29 is 4.79 Å². The highest BCUT2D eigenvalue weighted by Gasteiger charge is 2.28. The summed E-state index contributed by atoms with van der Waals surface area (Å²) in [7, 11) is 0. The van der Waals surface area contributed by atoms with Crippen LogP contribution in [0.5, 0.6) is 0 Å². The second-order valence-corrected chi connectivity index (χ2v) is 6.69. The van der Waals surface area contributed by atoms with Crippen LogP contribution in [0.4, 0.5) is 0 Å². The molecule has 0 unspecified atom stereocenters. The number of carbonyl (C=O) groups is 1. The molecule has 0 aliphatic heterocycles. The van der Waals surface area contributed by atoms with Gasteiger partial charge in [0.1, 0.15) is 0 Å². The first kappa shape index (κ1) is 16.0. The lowest BCUT2D eigenvalue weighted by atomic mass is 9.96. The summed E-state index contributed by atoms with van der Waals surface area (Å²) in [5, 5.41) is 15.4. The van der Waals surface area contributed by atoms with Crippen molar-refractivity contribution in [1.29, 1.82) is 0 Å². The van der Waals surface area contributed by atoms with Gasteiger partial charge in [-0.3, -0.25) is 4.79 Å². The SMILES string of the molecule is CC[C@@H](CNC(=O)CSc1nnnn1C1CC1)c1ccccc1. The summed E-state index contributed by atoms with van der Waals surface area (Å²) in [4.78, 5) is 12.1. The van der Waals surface area contributed by atoms with Gasteiger partial charge in [0.05, 0.1) is 11.8 Å². The number of aromatic nitrogens is 4. The van der Waals surface area contributed by atoms with E-state index in [1.54, 1.807) is 0 Å². The summed E-state index contributed by atoms with van der Waals surface area (Å²) >= 11 is 1.40. The van der Waals surface area contributed by atoms with Crippen molar-refractivity contribution in [3.8, 4) is 0 Å². The van der Waals surface area contributed by atoms with E-state index in [9.17, 15) is 4.79 Å². The molecule has 1 aromatic heterocycles. The molecule has 2 aromatic rings. The quantitative estimate of drug-likeness (QED) is 0.752. The zero-order valence-electron chi connectivity index (χ0n) is 13.2. The minimum absolute atomic E-state index is 0.0229. The second-order valence-electron chi connectivity index (χ2n) is 5.75. The van der Waals surface area contributed by atoms with Crippen LogP contribution in [0, 0.1) is 0 Å². The van der Waals surface area contributed by atoms with Gasteiger partial charge in [-0.25, -0.2) is 4.68 Å². The summed E-state index contributed by atoms with van der Waals surface area (Å²) in [5.74, 6) is 0.717. The normalized spacial score (nSPS) is 15.3. The van der Waals surface area contributed by atoms with Gasteiger partial charge >= 0.3 is 0 Å². The predicted molar refractivity (Wildman–Crippen MR) is 89.3 cm³/mol. The van der Waals surface area contributed by atoms with E-state index in [0.717, 1.165) is 24.4 Å². The molecule has 122 valence electrons. The first-order valence-electron chi connectivity index (χ1n) is 8.00. The van der Waals surface area contributed by atoms with Crippen LogP contribution in [0.1, 0.15) is 43.7 Å². The lowest BCUT2D eigenvalue weighted by molar-refractivity contribution is -0.118. The van der Waals surface area contributed by atoms with Crippen LogP contribution in [-0.4, -0.2) is 38.4 Å². The van der Waals surface area contributed by atoms with Crippen molar-refractivity contribution in [1.82, 2.24) is 25.5 Å². The van der Waals surface area contributed by atoms with Crippen LogP contribution < -0.4 is 5.32 Å². The molecule has 1 aliphatic carbocycles. The maximum Gasteiger partial charge on any atom is 0.230 e. The van der Waals surface area contributed by atoms with Crippen molar-refractivity contribution >= 4 is 17.7 Å². The van der Waals surface area contributed by atoms with E-state index >= 15 is 0 Å². The number of tetrazole rings is 1. The zero-order valence-corrected chi connectivity index (χ0v) is 14.0. The molecule has 1 aromatic carbocycles. The number of hydrogen-bond donors (Lipinski definition) is 1. The zero-order chi connectivity index (χ0) is 16.1. The number of benzene rings is 1. The van der Waals surface area contributed by atoms with Crippen molar-refractivity contribution in [2.45, 2.75) is 43.3 Å². The highest BCUT2D eigenvalue weighted by Crippen LogP contribution is 2.36. The van der Waals surface area contributed by atoms with Crippen LogP contribution in [0.2, 0.25) is 0 Å². The lowest BCUT2D eigenvalue weighted by Crippen LogP contribution is -2.29. The standard InChI is InChI=1S/C16H21N5OS/c1-2-12(13-6-4-3-5-7-13)10-17-15(22)11-23-16-18-19-20-21(16)14-8-9-14/h3-7,12,14H,2,8-11H2,1H3,(H,17,22)/t12-/m0/s1. The third-order valence-corrected chi connectivity index (χ3v) is 4.93. The highest BCUT2D eigenvalue weighted by atomic mass is 32.2. The lowest BCUT2D eigenvalue weighted by Gasteiger charge is -2.16. The average Bonchev–Trinajstić information content (AvgIpc) is 3.32. The van der Waals surface area contributed by atoms with Crippen LogP contribution >= 0.6 is 11.8 Å². The Morgan fingerprint density at radius 1 is 1.39 bits per heavy atom. The van der Waals surface area contributed by atoms with Gasteiger partial charge in [-0.2, -0.15) is 0 Å². The predicted octanol–water partition coefficient (Wildman–Crippen LogP) is 2.41. The molecule has 3 rings (SSSR count). The molecule has 1 heterocycles. The number of hydrogen-bond acceptors (Lipinski definition) is 5. The number of amides is 1. The van der Waals surface area contributed by atoms with Crippen molar-refractivity contribution in [2.75, 3.05) is 12.3 Å². The van der Waals surface area contributed by atoms with E-state index in [1.165, 1.54) is 17.3 Å². The van der Waals surface area contributed by atoms with Crippen LogP contribution in [0.25, 0.3) is 0 Å². The first-order chi connectivity index (χ1) is 11.3. The van der Waals surface area contributed by atoms with E-state index in [-0.39, 0.29) is 5.91 Å². The monoisotopic (exact) mass is 331 g/mol. The number of nitrogens with one attached hydrogen (secondary N) is 1. The fourth-order valence-electron chi connectivity index (χ4n) is 2.47. The Morgan fingerprint density at radius 2 is 2.17 bits per heavy atom. The highest BCUT2D eigenvalue weighted by molar-refractivity contribution is 7.99. The molecule has 0 radical (unpaired) electrons. The van der Waals surface area contributed by atoms with Gasteiger partial charge in [-0.15, -0.1) is 5.10 Å². The molecule has 1 N–H and O–H groups in total. The smallest absolute Gasteiger partial charge is 0.230 e. The van der Waals surface area contributed by atoms with Crippen LogP contribution in [-0.2, 0) is 4.79 Å². The average molecular weight is 331 g/mol. The van der Waals surface area contributed by atoms with Gasteiger partial charge < -0.3 is 5.32 Å². The Bertz CT molecular complexity index is 641. The minimum Gasteiger partial charge on any atom is -0.355 e. The Kier molecular flexibility index (Phi) is 5.27. The maximum atomic E-state index is 12.1. The molecular formula is C16H21N5OS. The number of rotatable bonds is 8. The van der Waals surface area contributed by atoms with Gasteiger partial charge in [0.2, 0.25) is 11.1 Å². The maximum absolute atomic E-state index is 12.1. The van der Waals surface area contributed by atoms with E-state index in [0.29, 0.717) is 24.3 Å². The van der Waals surface area contributed by atoms with Gasteiger partial charge in [-0.05, 0) is 35.3 Å². The second kappa shape index (κ2) is 7.59. The fourth-order valence-corrected chi connectivity index (χ4v) is 3.24. The molecule has 0 bridgehead atoms. The topological polar surface area (TPSA) is 72.7 Å². The number of nitrogens with zero attached hydrogens (tertiary/aromatic N) is 4. The van der Waals surface area contributed by atoms with Gasteiger partial charge in [-0.1, -0.05) is 49.0 Å². The van der Waals surface area contributed by atoms with Gasteiger partial charge in [0, 0.05) is 12.5 Å². The number of carbonyl (C=O) groups excluding carboxylic acids is 1. The third kappa shape index (κ3) is 4.31. The molecule has 23 heavy (non-hydrogen) atoms. The molecule has 0 saturated heterocycles. The Labute approximate surface area is 140 Å². The number of thioether (sulfide) groups is 1. The first-order valence-corrected chi connectivity index (χ1v) is 8.98.